The van der Waals surface area contributed by atoms with Crippen LogP contribution >= 0.6 is 0 Å². The molecule has 2 heterocycles. The monoisotopic (exact) mass is 245 g/mol. The fourth-order valence-corrected chi connectivity index (χ4v) is 1.94. The van der Waals surface area contributed by atoms with Gasteiger partial charge in [0.25, 0.3) is 0 Å². The maximum atomic E-state index is 13.5. The lowest BCUT2D eigenvalue weighted by molar-refractivity contribution is 0.0697. The second kappa shape index (κ2) is 3.73. The van der Waals surface area contributed by atoms with Crippen molar-refractivity contribution in [1.82, 2.24) is 4.98 Å². The molecule has 0 radical (unpaired) electrons. The van der Waals surface area contributed by atoms with Crippen LogP contribution < -0.4 is 0 Å². The van der Waals surface area contributed by atoms with E-state index >= 15 is 0 Å². The number of hydrogen-bond donors (Lipinski definition) is 2. The number of nitrogens with one attached hydrogen (secondary N) is 1. The van der Waals surface area contributed by atoms with Crippen molar-refractivity contribution in [2.45, 2.75) is 0 Å². The van der Waals surface area contributed by atoms with Gasteiger partial charge in [-0.1, -0.05) is 12.1 Å². The lowest BCUT2D eigenvalue weighted by atomic mass is 10.1. The summed E-state index contributed by atoms with van der Waals surface area (Å²) >= 11 is 0. The fraction of sp³-hybridized carbons (Fsp3) is 0. The molecule has 2 N–H and O–H groups in total. The smallest absolute Gasteiger partial charge is 0.339 e. The van der Waals surface area contributed by atoms with Crippen LogP contribution in [0.3, 0.4) is 0 Å². The number of aromatic amines is 1. The zero-order valence-corrected chi connectivity index (χ0v) is 9.11. The number of H-pyrrole nitrogens is 1. The highest BCUT2D eigenvalue weighted by Gasteiger charge is 2.16. The van der Waals surface area contributed by atoms with Gasteiger partial charge in [0.2, 0.25) is 0 Å². The molecular formula is C13H8FNO3. The number of carboxylic acid groups (broad SMARTS) is 1. The van der Waals surface area contributed by atoms with Crippen molar-refractivity contribution in [2.24, 2.45) is 0 Å². The van der Waals surface area contributed by atoms with E-state index in [0.717, 1.165) is 6.26 Å². The SMILES string of the molecule is O=C(O)c1cocc1-c1cc2cccc(F)c2[nH]1. The molecule has 0 spiro atoms. The zero-order valence-electron chi connectivity index (χ0n) is 9.11. The summed E-state index contributed by atoms with van der Waals surface area (Å²) in [5.41, 5.74) is 1.31. The van der Waals surface area contributed by atoms with Gasteiger partial charge in [0.1, 0.15) is 23.9 Å². The third kappa shape index (κ3) is 1.48. The van der Waals surface area contributed by atoms with Crippen LogP contribution in [0.5, 0.6) is 0 Å². The second-order valence-electron chi connectivity index (χ2n) is 3.89. The summed E-state index contributed by atoms with van der Waals surface area (Å²) in [6.07, 6.45) is 2.48. The number of furan rings is 1. The van der Waals surface area contributed by atoms with Crippen molar-refractivity contribution in [1.29, 1.82) is 0 Å². The molecule has 18 heavy (non-hydrogen) atoms. The average Bonchev–Trinajstić information content (AvgIpc) is 2.95. The Balaban J connectivity index is 2.23. The van der Waals surface area contributed by atoms with Crippen molar-refractivity contribution in [3.05, 3.63) is 48.2 Å². The second-order valence-corrected chi connectivity index (χ2v) is 3.89. The molecule has 1 aromatic carbocycles. The quantitative estimate of drug-likeness (QED) is 0.728. The first kappa shape index (κ1) is 10.6. The third-order valence-electron chi connectivity index (χ3n) is 2.79. The lowest BCUT2D eigenvalue weighted by Crippen LogP contribution is -1.95. The summed E-state index contributed by atoms with van der Waals surface area (Å²) in [6.45, 7) is 0. The first-order chi connectivity index (χ1) is 8.66. The zero-order chi connectivity index (χ0) is 12.7. The molecular weight excluding hydrogens is 237 g/mol. The predicted molar refractivity (Wildman–Crippen MR) is 62.9 cm³/mol. The lowest BCUT2D eigenvalue weighted by Gasteiger charge is -1.94. The Morgan fingerprint density at radius 2 is 2.17 bits per heavy atom. The van der Waals surface area contributed by atoms with E-state index in [4.69, 9.17) is 9.52 Å². The van der Waals surface area contributed by atoms with Gasteiger partial charge in [0.15, 0.2) is 0 Å². The van der Waals surface area contributed by atoms with Crippen molar-refractivity contribution in [3.8, 4) is 11.3 Å². The highest BCUT2D eigenvalue weighted by atomic mass is 19.1. The molecule has 3 rings (SSSR count). The highest BCUT2D eigenvalue weighted by molar-refractivity contribution is 5.97. The number of rotatable bonds is 2. The van der Waals surface area contributed by atoms with Gasteiger partial charge in [-0.05, 0) is 12.1 Å². The Morgan fingerprint density at radius 1 is 1.33 bits per heavy atom. The van der Waals surface area contributed by atoms with E-state index in [1.54, 1.807) is 18.2 Å². The molecule has 0 fully saturated rings. The maximum Gasteiger partial charge on any atom is 0.339 e. The fourth-order valence-electron chi connectivity index (χ4n) is 1.94. The van der Waals surface area contributed by atoms with E-state index in [9.17, 15) is 9.18 Å². The summed E-state index contributed by atoms with van der Waals surface area (Å²) in [4.78, 5) is 13.9. The number of fused-ring (bicyclic) bond motifs is 1. The molecule has 0 atom stereocenters. The van der Waals surface area contributed by atoms with E-state index in [1.165, 1.54) is 12.3 Å². The molecule has 0 aliphatic rings. The van der Waals surface area contributed by atoms with Crippen molar-refractivity contribution in [3.63, 3.8) is 0 Å². The first-order valence-corrected chi connectivity index (χ1v) is 5.24. The number of benzene rings is 1. The summed E-state index contributed by atoms with van der Waals surface area (Å²) in [5, 5.41) is 9.68. The van der Waals surface area contributed by atoms with E-state index in [2.05, 4.69) is 4.98 Å². The molecule has 3 aromatic rings. The Hall–Kier alpha value is -2.56. The Morgan fingerprint density at radius 3 is 2.89 bits per heavy atom. The van der Waals surface area contributed by atoms with E-state index in [0.29, 0.717) is 22.2 Å². The molecule has 0 bridgehead atoms. The van der Waals surface area contributed by atoms with Crippen LogP contribution in [0.25, 0.3) is 22.2 Å². The highest BCUT2D eigenvalue weighted by Crippen LogP contribution is 2.28. The molecule has 90 valence electrons. The molecule has 0 saturated carbocycles. The van der Waals surface area contributed by atoms with Gasteiger partial charge in [0, 0.05) is 5.39 Å². The van der Waals surface area contributed by atoms with Crippen LogP contribution in [-0.4, -0.2) is 16.1 Å². The summed E-state index contributed by atoms with van der Waals surface area (Å²) in [5.74, 6) is -1.46. The van der Waals surface area contributed by atoms with Gasteiger partial charge in [-0.15, -0.1) is 0 Å². The topological polar surface area (TPSA) is 66.2 Å². The average molecular weight is 245 g/mol. The number of hydrogen-bond acceptors (Lipinski definition) is 2. The number of aromatic carboxylic acids is 1. The Labute approximate surface area is 101 Å². The van der Waals surface area contributed by atoms with Crippen molar-refractivity contribution >= 4 is 16.9 Å². The standard InChI is InChI=1S/C13H8FNO3/c14-10-3-1-2-7-4-11(15-12(7)10)8-5-18-6-9(8)13(16)17/h1-6,15H,(H,16,17). The first-order valence-electron chi connectivity index (χ1n) is 5.24. The number of carboxylic acids is 1. The number of para-hydroxylation sites is 1. The largest absolute Gasteiger partial charge is 0.478 e. The summed E-state index contributed by atoms with van der Waals surface area (Å²) < 4.78 is 18.4. The van der Waals surface area contributed by atoms with Gasteiger partial charge < -0.3 is 14.5 Å². The van der Waals surface area contributed by atoms with Gasteiger partial charge in [-0.2, -0.15) is 0 Å². The van der Waals surface area contributed by atoms with Crippen molar-refractivity contribution < 1.29 is 18.7 Å². The molecule has 4 nitrogen and oxygen atoms in total. The predicted octanol–water partition coefficient (Wildman–Crippen LogP) is 3.27. The normalized spacial score (nSPS) is 10.9. The molecule has 0 aliphatic heterocycles. The Bertz CT molecular complexity index is 742. The molecule has 5 heteroatoms. The van der Waals surface area contributed by atoms with Gasteiger partial charge in [-0.3, -0.25) is 0 Å². The molecule has 0 unspecified atom stereocenters. The van der Waals surface area contributed by atoms with E-state index in [1.807, 2.05) is 0 Å². The van der Waals surface area contributed by atoms with Crippen molar-refractivity contribution in [2.75, 3.05) is 0 Å². The molecule has 0 amide bonds. The Kier molecular flexibility index (Phi) is 2.19. The van der Waals surface area contributed by atoms with Crippen LogP contribution in [-0.2, 0) is 0 Å². The van der Waals surface area contributed by atoms with Crippen LogP contribution in [0.2, 0.25) is 0 Å². The van der Waals surface area contributed by atoms with Crippen LogP contribution in [0.1, 0.15) is 10.4 Å². The molecule has 0 aliphatic carbocycles. The molecule has 0 saturated heterocycles. The minimum atomic E-state index is -1.09. The van der Waals surface area contributed by atoms with Crippen LogP contribution in [0.15, 0.2) is 41.2 Å². The van der Waals surface area contributed by atoms with E-state index < -0.39 is 5.97 Å². The van der Waals surface area contributed by atoms with Crippen LogP contribution in [0, 0.1) is 5.82 Å². The minimum Gasteiger partial charge on any atom is -0.478 e. The minimum absolute atomic E-state index is 0.0435. The number of aromatic nitrogens is 1. The maximum absolute atomic E-state index is 13.5. The number of halogens is 1. The van der Waals surface area contributed by atoms with Crippen LogP contribution in [0.4, 0.5) is 4.39 Å². The van der Waals surface area contributed by atoms with Gasteiger partial charge in [-0.25, -0.2) is 9.18 Å². The van der Waals surface area contributed by atoms with Gasteiger partial charge in [0.05, 0.1) is 16.8 Å². The van der Waals surface area contributed by atoms with Gasteiger partial charge >= 0.3 is 5.97 Å². The van der Waals surface area contributed by atoms with E-state index in [-0.39, 0.29) is 11.4 Å². The third-order valence-corrected chi connectivity index (χ3v) is 2.79. The summed E-state index contributed by atoms with van der Waals surface area (Å²) in [6, 6.07) is 6.38. The number of carbonyl (C=O) groups is 1. The summed E-state index contributed by atoms with van der Waals surface area (Å²) in [7, 11) is 0. The molecule has 2 aromatic heterocycles.